The molecule has 0 aromatic carbocycles. The molecule has 1 unspecified atom stereocenters. The molecule has 0 heterocycles. The number of phosphoric acid groups is 2. The zero-order valence-electron chi connectivity index (χ0n) is 5.58. The summed E-state index contributed by atoms with van der Waals surface area (Å²) in [5.74, 6) is 0. The first-order chi connectivity index (χ1) is 4.77. The Morgan fingerprint density at radius 2 is 1.67 bits per heavy atom. The van der Waals surface area contributed by atoms with Crippen LogP contribution >= 0.6 is 15.6 Å². The molecule has 70 valence electrons. The Balaban J connectivity index is 0. The van der Waals surface area contributed by atoms with Gasteiger partial charge in [0.15, 0.2) is 0 Å². The molecule has 1 atom stereocenters. The Morgan fingerprint density at radius 1 is 1.25 bits per heavy atom. The summed E-state index contributed by atoms with van der Waals surface area (Å²) >= 11 is 0. The zero-order chi connectivity index (χ0) is 9.12. The molecule has 0 aliphatic rings. The topological polar surface area (TPSA) is 113 Å². The Morgan fingerprint density at radius 3 is 1.92 bits per heavy atom. The molecule has 0 aliphatic heterocycles. The van der Waals surface area contributed by atoms with Gasteiger partial charge in [0.05, 0.1) is 6.61 Å². The van der Waals surface area contributed by atoms with Gasteiger partial charge in [0.1, 0.15) is 0 Å². The van der Waals surface area contributed by atoms with Crippen LogP contribution in [-0.4, -0.2) is 50.8 Å². The molecule has 0 spiro atoms. The number of phosphoric ester groups is 1. The molecule has 0 saturated carbocycles. The first-order valence-electron chi connectivity index (χ1n) is 2.51. The summed E-state index contributed by atoms with van der Waals surface area (Å²) in [7, 11) is -9.53. The van der Waals surface area contributed by atoms with E-state index in [9.17, 15) is 9.13 Å². The summed E-state index contributed by atoms with van der Waals surface area (Å²) in [4.78, 5) is 24.6. The predicted molar refractivity (Wildman–Crippen MR) is 41.7 cm³/mol. The standard InChI is InChI=1S/C2H8O7P2.Na.H/c1-2-8-11(6,7)9-10(3,4)5;;/h2H2,1H3,(H,6,7)(H2,3,4,5);;. The van der Waals surface area contributed by atoms with Gasteiger partial charge in [-0.3, -0.25) is 4.52 Å². The van der Waals surface area contributed by atoms with Crippen molar-refractivity contribution in [1.29, 1.82) is 0 Å². The van der Waals surface area contributed by atoms with E-state index < -0.39 is 15.6 Å². The number of rotatable bonds is 4. The van der Waals surface area contributed by atoms with Gasteiger partial charge in [-0.2, -0.15) is 4.31 Å². The van der Waals surface area contributed by atoms with Crippen molar-refractivity contribution in [3.63, 3.8) is 0 Å². The molecule has 0 radical (unpaired) electrons. The second-order valence-electron chi connectivity index (χ2n) is 1.46. The fourth-order valence-electron chi connectivity index (χ4n) is 0.321. The van der Waals surface area contributed by atoms with Gasteiger partial charge in [0.2, 0.25) is 0 Å². The molecular weight excluding hydrogens is 221 g/mol. The van der Waals surface area contributed by atoms with Gasteiger partial charge in [-0.1, -0.05) is 0 Å². The fraction of sp³-hybridized carbons (Fsp3) is 1.00. The molecule has 10 heteroatoms. The molecule has 0 saturated heterocycles. The van der Waals surface area contributed by atoms with Crippen LogP contribution in [0.25, 0.3) is 0 Å². The van der Waals surface area contributed by atoms with E-state index >= 15 is 0 Å². The summed E-state index contributed by atoms with van der Waals surface area (Å²) in [6, 6.07) is 0. The van der Waals surface area contributed by atoms with Gasteiger partial charge in [0, 0.05) is 0 Å². The Labute approximate surface area is 91.2 Å². The first-order valence-corrected chi connectivity index (χ1v) is 5.53. The van der Waals surface area contributed by atoms with Crippen LogP contribution in [-0.2, 0) is 18.0 Å². The second kappa shape index (κ2) is 5.88. The van der Waals surface area contributed by atoms with E-state index in [1.54, 1.807) is 0 Å². The Kier molecular flexibility index (Phi) is 7.70. The van der Waals surface area contributed by atoms with Gasteiger partial charge in [-0.15, -0.1) is 0 Å². The van der Waals surface area contributed by atoms with Crippen LogP contribution in [0.15, 0.2) is 0 Å². The van der Waals surface area contributed by atoms with Gasteiger partial charge >= 0.3 is 45.2 Å². The molecule has 7 nitrogen and oxygen atoms in total. The third-order valence-electron chi connectivity index (χ3n) is 0.502. The van der Waals surface area contributed by atoms with Crippen molar-refractivity contribution in [2.24, 2.45) is 0 Å². The molecule has 0 aliphatic carbocycles. The van der Waals surface area contributed by atoms with Crippen molar-refractivity contribution >= 4 is 45.2 Å². The van der Waals surface area contributed by atoms with E-state index in [1.807, 2.05) is 0 Å². The molecule has 3 N–H and O–H groups in total. The van der Waals surface area contributed by atoms with Crippen LogP contribution in [0.1, 0.15) is 6.92 Å². The Hall–Kier alpha value is 1.26. The van der Waals surface area contributed by atoms with Crippen molar-refractivity contribution < 1.29 is 32.6 Å². The average Bonchev–Trinajstić information content (AvgIpc) is 1.55. The van der Waals surface area contributed by atoms with Crippen LogP contribution in [0.4, 0.5) is 0 Å². The quantitative estimate of drug-likeness (QED) is 0.444. The van der Waals surface area contributed by atoms with Crippen molar-refractivity contribution in [2.45, 2.75) is 6.92 Å². The van der Waals surface area contributed by atoms with Gasteiger partial charge < -0.3 is 14.7 Å². The molecule has 0 aromatic heterocycles. The van der Waals surface area contributed by atoms with Crippen molar-refractivity contribution in [3.05, 3.63) is 0 Å². The maximum atomic E-state index is 10.4. The minimum atomic E-state index is -4.96. The summed E-state index contributed by atoms with van der Waals surface area (Å²) in [5.41, 5.74) is 0. The van der Waals surface area contributed by atoms with Gasteiger partial charge in [0.25, 0.3) is 0 Å². The van der Waals surface area contributed by atoms with Crippen molar-refractivity contribution in [2.75, 3.05) is 6.61 Å². The molecular formula is C2H9NaO7P2. The first kappa shape index (κ1) is 15.7. The van der Waals surface area contributed by atoms with Crippen LogP contribution in [0.2, 0.25) is 0 Å². The summed E-state index contributed by atoms with van der Waals surface area (Å²) in [6.45, 7) is 1.21. The molecule has 0 aromatic rings. The van der Waals surface area contributed by atoms with Crippen molar-refractivity contribution in [1.82, 2.24) is 0 Å². The van der Waals surface area contributed by atoms with E-state index in [0.29, 0.717) is 0 Å². The number of hydrogen-bond acceptors (Lipinski definition) is 4. The van der Waals surface area contributed by atoms with Crippen LogP contribution < -0.4 is 0 Å². The molecule has 0 fully saturated rings. The SMILES string of the molecule is CCOP(=O)(O)OP(=O)(O)O.[NaH]. The monoisotopic (exact) mass is 230 g/mol. The molecule has 0 amide bonds. The molecule has 0 bridgehead atoms. The van der Waals surface area contributed by atoms with E-state index in [1.165, 1.54) is 6.92 Å². The summed E-state index contributed by atoms with van der Waals surface area (Å²) in [5, 5.41) is 0. The minimum absolute atomic E-state index is 0. The normalized spacial score (nSPS) is 16.3. The van der Waals surface area contributed by atoms with E-state index in [-0.39, 0.29) is 36.2 Å². The van der Waals surface area contributed by atoms with Crippen molar-refractivity contribution in [3.8, 4) is 0 Å². The third kappa shape index (κ3) is 9.35. The van der Waals surface area contributed by atoms with Gasteiger partial charge in [-0.25, -0.2) is 9.13 Å². The summed E-state index contributed by atoms with van der Waals surface area (Å²) in [6.07, 6.45) is 0. The number of hydrogen-bond donors (Lipinski definition) is 3. The summed E-state index contributed by atoms with van der Waals surface area (Å²) < 4.78 is 27.9. The van der Waals surface area contributed by atoms with E-state index in [0.717, 1.165) is 0 Å². The Bertz CT molecular complexity index is 209. The van der Waals surface area contributed by atoms with Gasteiger partial charge in [-0.05, 0) is 6.92 Å². The third-order valence-corrected chi connectivity index (χ3v) is 2.76. The van der Waals surface area contributed by atoms with E-state index in [4.69, 9.17) is 14.7 Å². The zero-order valence-corrected chi connectivity index (χ0v) is 7.37. The average molecular weight is 230 g/mol. The predicted octanol–water partition coefficient (Wildman–Crippen LogP) is -0.416. The maximum absolute atomic E-state index is 10.4. The second-order valence-corrected chi connectivity index (χ2v) is 4.29. The van der Waals surface area contributed by atoms with Crippen LogP contribution in [0.5, 0.6) is 0 Å². The molecule has 0 rings (SSSR count). The van der Waals surface area contributed by atoms with Crippen LogP contribution in [0, 0.1) is 0 Å². The van der Waals surface area contributed by atoms with E-state index in [2.05, 4.69) is 8.83 Å². The fourth-order valence-corrected chi connectivity index (χ4v) is 1.91. The van der Waals surface area contributed by atoms with Crippen LogP contribution in [0.3, 0.4) is 0 Å². The molecule has 12 heavy (non-hydrogen) atoms.